The maximum atomic E-state index is 13.2. The van der Waals surface area contributed by atoms with Gasteiger partial charge in [-0.25, -0.2) is 0 Å². The molecule has 1 N–H and O–H groups in total. The third-order valence-electron chi connectivity index (χ3n) is 5.92. The molecule has 0 atom stereocenters. The van der Waals surface area contributed by atoms with E-state index in [0.29, 0.717) is 12.8 Å². The maximum Gasteiger partial charge on any atom is 0.162 e. The van der Waals surface area contributed by atoms with Crippen LogP contribution >= 0.6 is 22.6 Å². The molecule has 4 heteroatoms. The zero-order chi connectivity index (χ0) is 19.6. The number of hydrogen-bond donors (Lipinski definition) is 1. The van der Waals surface area contributed by atoms with Crippen LogP contribution in [0, 0.1) is 14.4 Å². The van der Waals surface area contributed by atoms with Gasteiger partial charge in [0.15, 0.2) is 11.6 Å². The first kappa shape index (κ1) is 18.9. The molecule has 0 saturated carbocycles. The first-order valence-corrected chi connectivity index (χ1v) is 10.7. The van der Waals surface area contributed by atoms with Gasteiger partial charge in [0.1, 0.15) is 0 Å². The van der Waals surface area contributed by atoms with Crippen LogP contribution in [-0.2, 0) is 9.59 Å². The van der Waals surface area contributed by atoms with E-state index in [1.807, 2.05) is 0 Å². The Morgan fingerprint density at radius 2 is 1.26 bits per heavy atom. The molecular formula is C23H26INO2. The average molecular weight is 475 g/mol. The summed E-state index contributed by atoms with van der Waals surface area (Å²) in [4.78, 5) is 26.3. The average Bonchev–Trinajstić information content (AvgIpc) is 2.51. The highest BCUT2D eigenvalue weighted by molar-refractivity contribution is 14.1. The van der Waals surface area contributed by atoms with Crippen LogP contribution in [0.3, 0.4) is 0 Å². The Hall–Kier alpha value is -1.43. The molecule has 0 amide bonds. The molecule has 0 saturated heterocycles. The topological polar surface area (TPSA) is 46.2 Å². The molecule has 1 heterocycles. The van der Waals surface area contributed by atoms with E-state index in [1.165, 1.54) is 0 Å². The molecule has 0 radical (unpaired) electrons. The van der Waals surface area contributed by atoms with E-state index in [1.54, 1.807) is 0 Å². The number of Topliss-reactive ketones (excluding diaryl/α,β-unsaturated/α-hetero) is 2. The molecule has 27 heavy (non-hydrogen) atoms. The van der Waals surface area contributed by atoms with Crippen molar-refractivity contribution in [1.29, 1.82) is 0 Å². The van der Waals surface area contributed by atoms with Gasteiger partial charge in [-0.05, 0) is 64.0 Å². The van der Waals surface area contributed by atoms with Gasteiger partial charge >= 0.3 is 0 Å². The van der Waals surface area contributed by atoms with Gasteiger partial charge < -0.3 is 5.32 Å². The van der Waals surface area contributed by atoms with Crippen molar-refractivity contribution in [3.05, 3.63) is 55.9 Å². The van der Waals surface area contributed by atoms with Gasteiger partial charge in [0.25, 0.3) is 0 Å². The molecule has 3 nitrogen and oxygen atoms in total. The Morgan fingerprint density at radius 1 is 0.815 bits per heavy atom. The summed E-state index contributed by atoms with van der Waals surface area (Å²) >= 11 is 2.29. The molecule has 142 valence electrons. The van der Waals surface area contributed by atoms with Crippen LogP contribution in [0.4, 0.5) is 0 Å². The van der Waals surface area contributed by atoms with Gasteiger partial charge in [0, 0.05) is 44.9 Å². The summed E-state index contributed by atoms with van der Waals surface area (Å²) in [6.45, 7) is 8.60. The van der Waals surface area contributed by atoms with Crippen molar-refractivity contribution in [3.8, 4) is 0 Å². The number of dihydropyridines is 1. The van der Waals surface area contributed by atoms with Crippen molar-refractivity contribution in [2.75, 3.05) is 0 Å². The first-order chi connectivity index (χ1) is 12.6. The summed E-state index contributed by atoms with van der Waals surface area (Å²) in [5.41, 5.74) is 4.66. The highest BCUT2D eigenvalue weighted by Crippen LogP contribution is 2.50. The minimum atomic E-state index is -0.222. The molecule has 4 rings (SSSR count). The zero-order valence-corrected chi connectivity index (χ0v) is 18.6. The highest BCUT2D eigenvalue weighted by Gasteiger charge is 2.46. The highest BCUT2D eigenvalue weighted by atomic mass is 127. The van der Waals surface area contributed by atoms with Crippen LogP contribution in [0.1, 0.15) is 64.9 Å². The summed E-state index contributed by atoms with van der Waals surface area (Å²) in [5.74, 6) is 0.142. The number of allylic oxidation sites excluding steroid dienone is 4. The number of halogens is 1. The molecule has 0 bridgehead atoms. The normalized spacial score (nSPS) is 24.5. The Kier molecular flexibility index (Phi) is 4.41. The molecule has 1 aliphatic heterocycles. The molecule has 2 aliphatic carbocycles. The smallest absolute Gasteiger partial charge is 0.162 e. The predicted octanol–water partition coefficient (Wildman–Crippen LogP) is 5.26. The fraction of sp³-hybridized carbons (Fsp3) is 0.478. The SMILES string of the molecule is CC1(C)CC(=O)C2=C(C1)NC1=C(C(=O)CC(C)(C)C1)C2c1ccc(I)cc1. The molecule has 0 fully saturated rings. The lowest BCUT2D eigenvalue weighted by Crippen LogP contribution is -2.42. The van der Waals surface area contributed by atoms with Crippen LogP contribution in [0.5, 0.6) is 0 Å². The lowest BCUT2D eigenvalue weighted by atomic mass is 9.64. The third kappa shape index (κ3) is 3.41. The molecular weight excluding hydrogens is 449 g/mol. The standard InChI is InChI=1S/C23H26INO2/c1-22(2)9-15-20(17(26)11-22)19(13-5-7-14(24)8-6-13)21-16(25-15)10-23(3,4)12-18(21)27/h5-8,19,25H,9-12H2,1-4H3. The van der Waals surface area contributed by atoms with E-state index in [2.05, 4.69) is 79.9 Å². The van der Waals surface area contributed by atoms with Crippen LogP contribution in [0.15, 0.2) is 46.8 Å². The zero-order valence-electron chi connectivity index (χ0n) is 16.4. The van der Waals surface area contributed by atoms with Crippen molar-refractivity contribution in [1.82, 2.24) is 5.32 Å². The Balaban J connectivity index is 1.90. The molecule has 0 aromatic heterocycles. The molecule has 1 aromatic rings. The summed E-state index contributed by atoms with van der Waals surface area (Å²) in [6, 6.07) is 8.28. The predicted molar refractivity (Wildman–Crippen MR) is 115 cm³/mol. The molecule has 3 aliphatic rings. The lowest BCUT2D eigenvalue weighted by Gasteiger charge is -2.44. The summed E-state index contributed by atoms with van der Waals surface area (Å²) < 4.78 is 1.15. The summed E-state index contributed by atoms with van der Waals surface area (Å²) in [6.07, 6.45) is 2.77. The van der Waals surface area contributed by atoms with E-state index in [-0.39, 0.29) is 28.3 Å². The minimum Gasteiger partial charge on any atom is -0.362 e. The van der Waals surface area contributed by atoms with Crippen molar-refractivity contribution in [2.45, 2.75) is 59.3 Å². The molecule has 0 spiro atoms. The van der Waals surface area contributed by atoms with Crippen molar-refractivity contribution < 1.29 is 9.59 Å². The van der Waals surface area contributed by atoms with E-state index >= 15 is 0 Å². The quantitative estimate of drug-likeness (QED) is 0.564. The van der Waals surface area contributed by atoms with Gasteiger partial charge in [-0.15, -0.1) is 0 Å². The number of benzene rings is 1. The third-order valence-corrected chi connectivity index (χ3v) is 6.64. The van der Waals surface area contributed by atoms with Crippen LogP contribution < -0.4 is 5.32 Å². The lowest BCUT2D eigenvalue weighted by molar-refractivity contribution is -0.119. The fourth-order valence-corrected chi connectivity index (χ4v) is 5.24. The van der Waals surface area contributed by atoms with Gasteiger partial charge in [-0.1, -0.05) is 39.8 Å². The van der Waals surface area contributed by atoms with Crippen LogP contribution in [0.25, 0.3) is 0 Å². The van der Waals surface area contributed by atoms with Gasteiger partial charge in [-0.2, -0.15) is 0 Å². The number of nitrogens with one attached hydrogen (secondary N) is 1. The minimum absolute atomic E-state index is 0.0498. The number of rotatable bonds is 1. The summed E-state index contributed by atoms with van der Waals surface area (Å²) in [5, 5.41) is 3.56. The Labute approximate surface area is 174 Å². The second kappa shape index (κ2) is 6.29. The van der Waals surface area contributed by atoms with Gasteiger partial charge in [0.05, 0.1) is 0 Å². The number of ketones is 2. The van der Waals surface area contributed by atoms with Gasteiger partial charge in [-0.3, -0.25) is 9.59 Å². The summed E-state index contributed by atoms with van der Waals surface area (Å²) in [7, 11) is 0. The second-order valence-corrected chi connectivity index (χ2v) is 11.0. The number of carbonyl (C=O) groups is 2. The van der Waals surface area contributed by atoms with Gasteiger partial charge in [0.2, 0.25) is 0 Å². The van der Waals surface area contributed by atoms with Crippen molar-refractivity contribution in [3.63, 3.8) is 0 Å². The second-order valence-electron chi connectivity index (χ2n) is 9.78. The van der Waals surface area contributed by atoms with E-state index < -0.39 is 0 Å². The van der Waals surface area contributed by atoms with E-state index in [4.69, 9.17) is 0 Å². The fourth-order valence-electron chi connectivity index (χ4n) is 4.88. The van der Waals surface area contributed by atoms with E-state index in [0.717, 1.165) is 44.5 Å². The van der Waals surface area contributed by atoms with Crippen LogP contribution in [-0.4, -0.2) is 11.6 Å². The molecule has 0 unspecified atom stereocenters. The van der Waals surface area contributed by atoms with Crippen molar-refractivity contribution in [2.24, 2.45) is 10.8 Å². The maximum absolute atomic E-state index is 13.2. The molecule has 1 aromatic carbocycles. The Morgan fingerprint density at radius 3 is 1.70 bits per heavy atom. The van der Waals surface area contributed by atoms with E-state index in [9.17, 15) is 9.59 Å². The Bertz CT molecular complexity index is 851. The largest absolute Gasteiger partial charge is 0.362 e. The van der Waals surface area contributed by atoms with Crippen LogP contribution in [0.2, 0.25) is 0 Å². The van der Waals surface area contributed by atoms with Crippen molar-refractivity contribution >= 4 is 34.2 Å². The first-order valence-electron chi connectivity index (χ1n) is 9.61. The monoisotopic (exact) mass is 475 g/mol. The number of carbonyl (C=O) groups excluding carboxylic acids is 2. The number of hydrogen-bond acceptors (Lipinski definition) is 3.